The molecule has 1 aliphatic carbocycles. The lowest BCUT2D eigenvalue weighted by Gasteiger charge is -2.36. The fourth-order valence-electron chi connectivity index (χ4n) is 4.76. The van der Waals surface area contributed by atoms with Crippen molar-refractivity contribution in [3.8, 4) is 0 Å². The number of amides is 2. The van der Waals surface area contributed by atoms with Gasteiger partial charge in [-0.2, -0.15) is 0 Å². The molecule has 1 saturated heterocycles. The van der Waals surface area contributed by atoms with Gasteiger partial charge in [0.05, 0.1) is 0 Å². The Balaban J connectivity index is 1.23. The summed E-state index contributed by atoms with van der Waals surface area (Å²) in [7, 11) is 0. The minimum Gasteiger partial charge on any atom is -0.351 e. The third kappa shape index (κ3) is 5.73. The first kappa shape index (κ1) is 21.6. The van der Waals surface area contributed by atoms with E-state index in [0.717, 1.165) is 63.1 Å². The average molecular weight is 420 g/mol. The van der Waals surface area contributed by atoms with Gasteiger partial charge in [-0.1, -0.05) is 61.4 Å². The lowest BCUT2D eigenvalue weighted by Crippen LogP contribution is -2.51. The topological polar surface area (TPSA) is 52.7 Å². The summed E-state index contributed by atoms with van der Waals surface area (Å²) < 4.78 is 0. The maximum atomic E-state index is 12.8. The Morgan fingerprint density at radius 3 is 2.29 bits per heavy atom. The van der Waals surface area contributed by atoms with Gasteiger partial charge < -0.3 is 10.2 Å². The van der Waals surface area contributed by atoms with Crippen LogP contribution in [0.3, 0.4) is 0 Å². The van der Waals surface area contributed by atoms with E-state index in [2.05, 4.69) is 22.3 Å². The molecule has 1 saturated carbocycles. The maximum absolute atomic E-state index is 12.8. The number of carbonyl (C=O) groups is 2. The van der Waals surface area contributed by atoms with E-state index >= 15 is 0 Å². The standard InChI is InChI=1S/C26H33N3O2/c30-25(24-13-7-6-12-23(24)20-21-8-2-1-3-9-21)27-14-15-28-16-18-29(19-17-28)26(31)22-10-4-5-11-22/h1-3,6-9,12-13,22H,4-5,10-11,14-20H2,(H,27,30). The molecule has 1 N–H and O–H groups in total. The molecule has 0 radical (unpaired) electrons. The zero-order valence-electron chi connectivity index (χ0n) is 18.3. The first-order valence-electron chi connectivity index (χ1n) is 11.6. The highest BCUT2D eigenvalue weighted by Crippen LogP contribution is 2.26. The first-order valence-corrected chi connectivity index (χ1v) is 11.6. The molecule has 0 spiro atoms. The van der Waals surface area contributed by atoms with Crippen LogP contribution >= 0.6 is 0 Å². The molecule has 2 fully saturated rings. The summed E-state index contributed by atoms with van der Waals surface area (Å²) in [4.78, 5) is 29.8. The lowest BCUT2D eigenvalue weighted by molar-refractivity contribution is -0.137. The van der Waals surface area contributed by atoms with E-state index < -0.39 is 0 Å². The molecule has 2 amide bonds. The molecule has 5 nitrogen and oxygen atoms in total. The van der Waals surface area contributed by atoms with Gasteiger partial charge in [-0.15, -0.1) is 0 Å². The van der Waals surface area contributed by atoms with Gasteiger partial charge in [-0.05, 0) is 36.5 Å². The van der Waals surface area contributed by atoms with E-state index in [4.69, 9.17) is 0 Å². The molecule has 4 rings (SSSR count). The molecule has 1 heterocycles. The lowest BCUT2D eigenvalue weighted by atomic mass is 9.99. The van der Waals surface area contributed by atoms with E-state index in [1.54, 1.807) is 0 Å². The monoisotopic (exact) mass is 419 g/mol. The van der Waals surface area contributed by atoms with Crippen LogP contribution in [0.25, 0.3) is 0 Å². The first-order chi connectivity index (χ1) is 15.2. The number of hydrogen-bond acceptors (Lipinski definition) is 3. The van der Waals surface area contributed by atoms with Crippen molar-refractivity contribution < 1.29 is 9.59 Å². The van der Waals surface area contributed by atoms with Gasteiger partial charge in [-0.25, -0.2) is 0 Å². The Morgan fingerprint density at radius 1 is 0.871 bits per heavy atom. The molecular formula is C26H33N3O2. The van der Waals surface area contributed by atoms with Gasteiger partial charge in [-0.3, -0.25) is 14.5 Å². The van der Waals surface area contributed by atoms with Crippen molar-refractivity contribution in [3.05, 3.63) is 71.3 Å². The van der Waals surface area contributed by atoms with E-state index in [1.165, 1.54) is 18.4 Å². The van der Waals surface area contributed by atoms with E-state index in [1.807, 2.05) is 47.4 Å². The van der Waals surface area contributed by atoms with Gasteiger partial charge >= 0.3 is 0 Å². The Hall–Kier alpha value is -2.66. The number of nitrogens with zero attached hydrogens (tertiary/aromatic N) is 2. The van der Waals surface area contributed by atoms with E-state index in [9.17, 15) is 9.59 Å². The summed E-state index contributed by atoms with van der Waals surface area (Å²) in [5, 5.41) is 3.09. The third-order valence-corrected chi connectivity index (χ3v) is 6.60. The van der Waals surface area contributed by atoms with Crippen LogP contribution in [0.15, 0.2) is 54.6 Å². The predicted molar refractivity (Wildman–Crippen MR) is 123 cm³/mol. The second-order valence-electron chi connectivity index (χ2n) is 8.72. The molecule has 0 unspecified atom stereocenters. The summed E-state index contributed by atoms with van der Waals surface area (Å²) in [6, 6.07) is 18.1. The van der Waals surface area contributed by atoms with E-state index in [-0.39, 0.29) is 11.8 Å². The smallest absolute Gasteiger partial charge is 0.251 e. The van der Waals surface area contributed by atoms with Crippen molar-refractivity contribution in [1.29, 1.82) is 0 Å². The Labute approximate surface area is 185 Å². The van der Waals surface area contributed by atoms with Crippen molar-refractivity contribution in [2.24, 2.45) is 5.92 Å². The number of nitrogens with one attached hydrogen (secondary N) is 1. The second-order valence-corrected chi connectivity index (χ2v) is 8.72. The largest absolute Gasteiger partial charge is 0.351 e. The van der Waals surface area contributed by atoms with Crippen LogP contribution < -0.4 is 5.32 Å². The summed E-state index contributed by atoms with van der Waals surface area (Å²) in [6.07, 6.45) is 5.28. The van der Waals surface area contributed by atoms with Crippen LogP contribution in [0, 0.1) is 5.92 Å². The van der Waals surface area contributed by atoms with Crippen molar-refractivity contribution in [2.45, 2.75) is 32.1 Å². The molecule has 0 aromatic heterocycles. The zero-order chi connectivity index (χ0) is 21.5. The van der Waals surface area contributed by atoms with Crippen LogP contribution in [-0.2, 0) is 11.2 Å². The molecule has 31 heavy (non-hydrogen) atoms. The summed E-state index contributed by atoms with van der Waals surface area (Å²) in [5.41, 5.74) is 3.00. The maximum Gasteiger partial charge on any atom is 0.251 e. The molecule has 5 heteroatoms. The highest BCUT2D eigenvalue weighted by Gasteiger charge is 2.29. The van der Waals surface area contributed by atoms with E-state index in [0.29, 0.717) is 12.5 Å². The summed E-state index contributed by atoms with van der Waals surface area (Å²) >= 11 is 0. The Morgan fingerprint density at radius 2 is 1.55 bits per heavy atom. The number of benzene rings is 2. The highest BCUT2D eigenvalue weighted by molar-refractivity contribution is 5.95. The number of hydrogen-bond donors (Lipinski definition) is 1. The fraction of sp³-hybridized carbons (Fsp3) is 0.462. The van der Waals surface area contributed by atoms with Crippen LogP contribution in [0.4, 0.5) is 0 Å². The SMILES string of the molecule is O=C(NCCN1CCN(C(=O)C2CCCC2)CC1)c1ccccc1Cc1ccccc1. The number of carbonyl (C=O) groups excluding carboxylic acids is 2. The molecule has 0 bridgehead atoms. The van der Waals surface area contributed by atoms with Crippen LogP contribution in [-0.4, -0.2) is 60.9 Å². The van der Waals surface area contributed by atoms with Gasteiger partial charge in [0.2, 0.25) is 5.91 Å². The highest BCUT2D eigenvalue weighted by atomic mass is 16.2. The summed E-state index contributed by atoms with van der Waals surface area (Å²) in [5.74, 6) is 0.615. The van der Waals surface area contributed by atoms with Gasteiger partial charge in [0, 0.05) is 50.7 Å². The van der Waals surface area contributed by atoms with Crippen molar-refractivity contribution in [3.63, 3.8) is 0 Å². The zero-order valence-corrected chi connectivity index (χ0v) is 18.3. The van der Waals surface area contributed by atoms with Crippen LogP contribution in [0.1, 0.15) is 47.2 Å². The van der Waals surface area contributed by atoms with Crippen molar-refractivity contribution in [1.82, 2.24) is 15.1 Å². The second kappa shape index (κ2) is 10.6. The number of piperazine rings is 1. The molecule has 0 atom stereocenters. The Kier molecular flexibility index (Phi) is 7.36. The number of rotatable bonds is 7. The van der Waals surface area contributed by atoms with Gasteiger partial charge in [0.15, 0.2) is 0 Å². The average Bonchev–Trinajstić information content (AvgIpc) is 3.35. The van der Waals surface area contributed by atoms with Crippen molar-refractivity contribution >= 4 is 11.8 Å². The molecule has 2 aromatic carbocycles. The van der Waals surface area contributed by atoms with Crippen molar-refractivity contribution in [2.75, 3.05) is 39.3 Å². The Bertz CT molecular complexity index is 869. The third-order valence-electron chi connectivity index (χ3n) is 6.60. The molecule has 164 valence electrons. The fourth-order valence-corrected chi connectivity index (χ4v) is 4.76. The van der Waals surface area contributed by atoms with Crippen LogP contribution in [0.5, 0.6) is 0 Å². The van der Waals surface area contributed by atoms with Gasteiger partial charge in [0.25, 0.3) is 5.91 Å². The van der Waals surface area contributed by atoms with Gasteiger partial charge in [0.1, 0.15) is 0 Å². The molecule has 2 aromatic rings. The minimum atomic E-state index is -0.0124. The summed E-state index contributed by atoms with van der Waals surface area (Å²) in [6.45, 7) is 4.83. The molecule has 2 aliphatic rings. The normalized spacial score (nSPS) is 17.6. The molecule has 1 aliphatic heterocycles. The minimum absolute atomic E-state index is 0.0124. The van der Waals surface area contributed by atoms with Crippen LogP contribution in [0.2, 0.25) is 0 Å². The predicted octanol–water partition coefficient (Wildman–Crippen LogP) is 3.34. The quantitative estimate of drug-likeness (QED) is 0.749. The molecular weight excluding hydrogens is 386 g/mol.